The summed E-state index contributed by atoms with van der Waals surface area (Å²) >= 11 is 0. The van der Waals surface area contributed by atoms with E-state index in [-0.39, 0.29) is 19.1 Å². The molecule has 8 nitrogen and oxygen atoms in total. The maximum atomic E-state index is 12.6. The molecule has 2 amide bonds. The lowest BCUT2D eigenvalue weighted by Crippen LogP contribution is -2.22. The molecular formula is C23H28N2O6. The Balaban J connectivity index is 2.17. The lowest BCUT2D eigenvalue weighted by molar-refractivity contribution is -0.124. The van der Waals surface area contributed by atoms with Gasteiger partial charge in [-0.05, 0) is 37.0 Å². The highest BCUT2D eigenvalue weighted by Gasteiger charge is 2.26. The number of hydroxylamine groups is 1. The van der Waals surface area contributed by atoms with Gasteiger partial charge in [-0.15, -0.1) is 0 Å². The third-order valence-electron chi connectivity index (χ3n) is 4.51. The second-order valence-corrected chi connectivity index (χ2v) is 6.86. The maximum absolute atomic E-state index is 12.6. The van der Waals surface area contributed by atoms with Crippen molar-refractivity contribution in [2.24, 2.45) is 5.92 Å². The minimum absolute atomic E-state index is 0.118. The molecule has 0 fully saturated rings. The molecule has 2 rings (SSSR count). The average molecular weight is 428 g/mol. The number of hydrogen-bond acceptors (Lipinski definition) is 6. The van der Waals surface area contributed by atoms with Crippen LogP contribution in [0.25, 0.3) is 0 Å². The fraction of sp³-hybridized carbons (Fsp3) is 0.304. The van der Waals surface area contributed by atoms with Gasteiger partial charge >= 0.3 is 6.09 Å². The number of para-hydroxylation sites is 2. The van der Waals surface area contributed by atoms with Crippen LogP contribution < -0.4 is 15.5 Å². The first-order chi connectivity index (χ1) is 15.0. The Kier molecular flexibility index (Phi) is 10.1. The van der Waals surface area contributed by atoms with Crippen LogP contribution in [0.3, 0.4) is 0 Å². The van der Waals surface area contributed by atoms with Crippen molar-refractivity contribution >= 4 is 17.7 Å². The van der Waals surface area contributed by atoms with Gasteiger partial charge in [-0.3, -0.25) is 15.3 Å². The number of aliphatic hydroxyl groups is 1. The average Bonchev–Trinajstić information content (AvgIpc) is 2.79. The summed E-state index contributed by atoms with van der Waals surface area (Å²) in [6.45, 7) is 1.91. The minimum Gasteiger partial charge on any atom is -0.491 e. The Morgan fingerprint density at radius 1 is 1.10 bits per heavy atom. The molecule has 0 aliphatic rings. The molecule has 4 N–H and O–H groups in total. The molecular weight excluding hydrogens is 400 g/mol. The van der Waals surface area contributed by atoms with Gasteiger partial charge in [-0.1, -0.05) is 49.4 Å². The fourth-order valence-electron chi connectivity index (χ4n) is 3.01. The summed E-state index contributed by atoms with van der Waals surface area (Å²) in [7, 11) is 0. The second kappa shape index (κ2) is 13.0. The van der Waals surface area contributed by atoms with Gasteiger partial charge in [0.05, 0.1) is 6.61 Å². The second-order valence-electron chi connectivity index (χ2n) is 6.86. The lowest BCUT2D eigenvalue weighted by Gasteiger charge is -2.26. The number of aliphatic hydroxyl groups excluding tert-OH is 1. The van der Waals surface area contributed by atoms with Crippen LogP contribution in [0.1, 0.15) is 31.4 Å². The van der Waals surface area contributed by atoms with Crippen LogP contribution in [0.5, 0.6) is 5.75 Å². The van der Waals surface area contributed by atoms with Crippen LogP contribution in [0, 0.1) is 5.92 Å². The summed E-state index contributed by atoms with van der Waals surface area (Å²) in [5.41, 5.74) is 2.83. The van der Waals surface area contributed by atoms with E-state index in [0.29, 0.717) is 29.8 Å². The topological polar surface area (TPSA) is 117 Å². The number of nitrogens with one attached hydrogen (secondary N) is 2. The summed E-state index contributed by atoms with van der Waals surface area (Å²) in [5, 5.41) is 20.4. The third kappa shape index (κ3) is 8.12. The molecule has 0 aromatic heterocycles. The van der Waals surface area contributed by atoms with E-state index in [0.717, 1.165) is 0 Å². The van der Waals surface area contributed by atoms with E-state index in [4.69, 9.17) is 19.8 Å². The summed E-state index contributed by atoms with van der Waals surface area (Å²) in [6, 6.07) is 16.2. The zero-order chi connectivity index (χ0) is 22.5. The van der Waals surface area contributed by atoms with Gasteiger partial charge in [0.1, 0.15) is 18.5 Å². The van der Waals surface area contributed by atoms with Gasteiger partial charge in [-0.25, -0.2) is 10.3 Å². The molecule has 166 valence electrons. The molecule has 0 heterocycles. The minimum atomic E-state index is -0.626. The van der Waals surface area contributed by atoms with Crippen molar-refractivity contribution in [2.75, 3.05) is 18.5 Å². The summed E-state index contributed by atoms with van der Waals surface area (Å²) in [4.78, 5) is 23.7. The lowest BCUT2D eigenvalue weighted by atomic mass is 9.92. The van der Waals surface area contributed by atoms with E-state index in [2.05, 4.69) is 5.32 Å². The van der Waals surface area contributed by atoms with Crippen molar-refractivity contribution < 1.29 is 29.4 Å². The van der Waals surface area contributed by atoms with E-state index in [1.165, 1.54) is 11.6 Å². The zero-order valence-corrected chi connectivity index (χ0v) is 17.4. The van der Waals surface area contributed by atoms with Crippen LogP contribution in [0.4, 0.5) is 10.5 Å². The number of allylic oxidation sites excluding steroid dienone is 1. The molecule has 0 saturated heterocycles. The number of amides is 2. The number of ether oxygens (including phenoxy) is 2. The number of carbonyl (C=O) groups excluding carboxylic acids is 2. The predicted molar refractivity (Wildman–Crippen MR) is 116 cm³/mol. The van der Waals surface area contributed by atoms with E-state index in [1.807, 2.05) is 37.3 Å². The summed E-state index contributed by atoms with van der Waals surface area (Å²) < 4.78 is 11.4. The van der Waals surface area contributed by atoms with E-state index in [9.17, 15) is 9.59 Å². The van der Waals surface area contributed by atoms with Gasteiger partial charge in [0.15, 0.2) is 0 Å². The first-order valence-corrected chi connectivity index (χ1v) is 10.0. The van der Waals surface area contributed by atoms with Gasteiger partial charge < -0.3 is 14.6 Å². The van der Waals surface area contributed by atoms with Crippen molar-refractivity contribution in [2.45, 2.75) is 25.9 Å². The fourth-order valence-corrected chi connectivity index (χ4v) is 3.01. The molecule has 0 radical (unpaired) electrons. The highest BCUT2D eigenvalue weighted by Crippen LogP contribution is 2.35. The molecule has 2 aromatic carbocycles. The Labute approximate surface area is 181 Å². The van der Waals surface area contributed by atoms with Gasteiger partial charge in [0.2, 0.25) is 0 Å². The van der Waals surface area contributed by atoms with Crippen molar-refractivity contribution in [1.82, 2.24) is 5.48 Å². The SMILES string of the molecule is C[C@H](CC/C=C/C(=O)NO)[C@H](OC(=O)Nc1ccccc1)c1ccccc1OCCO. The highest BCUT2D eigenvalue weighted by molar-refractivity contribution is 5.86. The maximum Gasteiger partial charge on any atom is 0.412 e. The monoisotopic (exact) mass is 428 g/mol. The first-order valence-electron chi connectivity index (χ1n) is 10.0. The van der Waals surface area contributed by atoms with Crippen molar-refractivity contribution in [3.05, 3.63) is 72.3 Å². The third-order valence-corrected chi connectivity index (χ3v) is 4.51. The van der Waals surface area contributed by atoms with Crippen molar-refractivity contribution in [3.8, 4) is 5.75 Å². The Hall–Kier alpha value is -3.36. The number of hydrogen-bond donors (Lipinski definition) is 4. The molecule has 2 atom stereocenters. The Morgan fingerprint density at radius 3 is 2.52 bits per heavy atom. The number of benzene rings is 2. The van der Waals surface area contributed by atoms with E-state index in [1.54, 1.807) is 30.3 Å². The van der Waals surface area contributed by atoms with Crippen LogP contribution in [0.15, 0.2) is 66.7 Å². The summed E-state index contributed by atoms with van der Waals surface area (Å²) in [6.07, 6.45) is 2.79. The zero-order valence-electron chi connectivity index (χ0n) is 17.4. The molecule has 0 aliphatic carbocycles. The van der Waals surface area contributed by atoms with Gasteiger partial charge in [-0.2, -0.15) is 0 Å². The molecule has 0 aliphatic heterocycles. The van der Waals surface area contributed by atoms with Gasteiger partial charge in [0, 0.05) is 17.3 Å². The molecule has 31 heavy (non-hydrogen) atoms. The number of rotatable bonds is 11. The number of carbonyl (C=O) groups is 2. The van der Waals surface area contributed by atoms with Crippen LogP contribution in [-0.2, 0) is 9.53 Å². The normalized spacial score (nSPS) is 12.7. The van der Waals surface area contributed by atoms with Crippen LogP contribution in [-0.4, -0.2) is 35.5 Å². The standard InChI is InChI=1S/C23H28N2O6/c1-17(9-5-8-14-21(27)25-29)22(19-12-6-7-13-20(19)30-16-15-26)31-23(28)24-18-10-3-2-4-11-18/h2-4,6-8,10-14,17,22,26,29H,5,9,15-16H2,1H3,(H,24,28)(H,25,27)/b14-8+/t17-,22+/m1/s1. The largest absolute Gasteiger partial charge is 0.491 e. The van der Waals surface area contributed by atoms with E-state index >= 15 is 0 Å². The highest BCUT2D eigenvalue weighted by atomic mass is 16.6. The quantitative estimate of drug-likeness (QED) is 0.246. The molecule has 8 heteroatoms. The smallest absolute Gasteiger partial charge is 0.412 e. The Bertz CT molecular complexity index is 856. The molecule has 0 bridgehead atoms. The summed E-state index contributed by atoms with van der Waals surface area (Å²) in [5.74, 6) is -0.205. The molecule has 0 spiro atoms. The van der Waals surface area contributed by atoms with Crippen LogP contribution >= 0.6 is 0 Å². The van der Waals surface area contributed by atoms with Gasteiger partial charge in [0.25, 0.3) is 5.91 Å². The first kappa shape index (κ1) is 23.9. The molecule has 2 aromatic rings. The molecule has 0 saturated carbocycles. The van der Waals surface area contributed by atoms with E-state index < -0.39 is 18.1 Å². The van der Waals surface area contributed by atoms with Crippen molar-refractivity contribution in [3.63, 3.8) is 0 Å². The van der Waals surface area contributed by atoms with Crippen LogP contribution in [0.2, 0.25) is 0 Å². The number of anilines is 1. The van der Waals surface area contributed by atoms with Crippen molar-refractivity contribution in [1.29, 1.82) is 0 Å². The Morgan fingerprint density at radius 2 is 1.81 bits per heavy atom. The molecule has 0 unspecified atom stereocenters. The predicted octanol–water partition coefficient (Wildman–Crippen LogP) is 3.83.